The average Bonchev–Trinajstić information content (AvgIpc) is 2.99. The minimum Gasteiger partial charge on any atom is -0.459 e. The highest BCUT2D eigenvalue weighted by molar-refractivity contribution is 5.76. The standard InChI is InChI=1S/C22H27NO2/c1-22(2,3)25-21(24)19-15-18(14-16-10-6-4-7-11-16)20(23-19)17-12-8-5-9-13-17/h4-13,18-20,23H,14-15H2,1-3H3. The molecule has 0 bridgehead atoms. The van der Waals surface area contributed by atoms with Crippen LogP contribution < -0.4 is 5.32 Å². The highest BCUT2D eigenvalue weighted by atomic mass is 16.6. The van der Waals surface area contributed by atoms with E-state index in [0.29, 0.717) is 5.92 Å². The SMILES string of the molecule is CC(C)(C)OC(=O)C1CC(Cc2ccccc2)C(c2ccccc2)N1. The minimum atomic E-state index is -0.460. The third-order valence-electron chi connectivity index (χ3n) is 4.58. The normalized spacial score (nSPS) is 23.4. The van der Waals surface area contributed by atoms with Crippen LogP contribution in [-0.4, -0.2) is 17.6 Å². The predicted molar refractivity (Wildman–Crippen MR) is 100 cm³/mol. The fourth-order valence-corrected chi connectivity index (χ4v) is 3.54. The summed E-state index contributed by atoms with van der Waals surface area (Å²) in [6, 6.07) is 20.8. The molecule has 1 aliphatic heterocycles. The van der Waals surface area contributed by atoms with Gasteiger partial charge in [0.1, 0.15) is 11.6 Å². The van der Waals surface area contributed by atoms with Gasteiger partial charge in [0.25, 0.3) is 0 Å². The van der Waals surface area contributed by atoms with E-state index in [9.17, 15) is 4.79 Å². The van der Waals surface area contributed by atoms with Gasteiger partial charge >= 0.3 is 5.97 Å². The molecular formula is C22H27NO2. The van der Waals surface area contributed by atoms with Crippen LogP contribution in [0.2, 0.25) is 0 Å². The maximum Gasteiger partial charge on any atom is 0.323 e. The van der Waals surface area contributed by atoms with Crippen molar-refractivity contribution >= 4 is 5.97 Å². The molecule has 1 heterocycles. The van der Waals surface area contributed by atoms with E-state index in [4.69, 9.17) is 4.74 Å². The maximum absolute atomic E-state index is 12.6. The van der Waals surface area contributed by atoms with Crippen LogP contribution in [0.1, 0.15) is 44.4 Å². The first-order valence-electron chi connectivity index (χ1n) is 9.00. The second kappa shape index (κ2) is 7.40. The van der Waals surface area contributed by atoms with Crippen molar-refractivity contribution < 1.29 is 9.53 Å². The van der Waals surface area contributed by atoms with Crippen LogP contribution in [0.25, 0.3) is 0 Å². The first kappa shape index (κ1) is 17.7. The van der Waals surface area contributed by atoms with Crippen LogP contribution in [-0.2, 0) is 16.0 Å². The molecule has 25 heavy (non-hydrogen) atoms. The van der Waals surface area contributed by atoms with E-state index >= 15 is 0 Å². The van der Waals surface area contributed by atoms with E-state index in [2.05, 4.69) is 53.8 Å². The lowest BCUT2D eigenvalue weighted by Crippen LogP contribution is -2.38. The van der Waals surface area contributed by atoms with Gasteiger partial charge in [-0.05, 0) is 50.7 Å². The Morgan fingerprint density at radius 2 is 1.64 bits per heavy atom. The highest BCUT2D eigenvalue weighted by Gasteiger charge is 2.39. The van der Waals surface area contributed by atoms with Gasteiger partial charge in [-0.25, -0.2) is 0 Å². The van der Waals surface area contributed by atoms with Gasteiger partial charge in [-0.15, -0.1) is 0 Å². The van der Waals surface area contributed by atoms with Crippen LogP contribution in [0, 0.1) is 5.92 Å². The third kappa shape index (κ3) is 4.70. The molecule has 0 radical (unpaired) electrons. The van der Waals surface area contributed by atoms with E-state index in [1.165, 1.54) is 11.1 Å². The van der Waals surface area contributed by atoms with Gasteiger partial charge in [0.05, 0.1) is 0 Å². The number of ether oxygens (including phenoxy) is 1. The predicted octanol–water partition coefficient (Wildman–Crippen LogP) is 4.29. The van der Waals surface area contributed by atoms with Crippen molar-refractivity contribution in [2.75, 3.05) is 0 Å². The van der Waals surface area contributed by atoms with Crippen molar-refractivity contribution in [2.24, 2.45) is 5.92 Å². The largest absolute Gasteiger partial charge is 0.459 e. The molecule has 2 aromatic rings. The zero-order chi connectivity index (χ0) is 17.9. The topological polar surface area (TPSA) is 38.3 Å². The fraction of sp³-hybridized carbons (Fsp3) is 0.409. The summed E-state index contributed by atoms with van der Waals surface area (Å²) in [5, 5.41) is 3.53. The summed E-state index contributed by atoms with van der Waals surface area (Å²) in [5.74, 6) is 0.214. The van der Waals surface area contributed by atoms with Gasteiger partial charge in [-0.3, -0.25) is 10.1 Å². The van der Waals surface area contributed by atoms with Gasteiger partial charge in [-0.1, -0.05) is 60.7 Å². The molecule has 3 atom stereocenters. The van der Waals surface area contributed by atoms with Crippen LogP contribution in [0.5, 0.6) is 0 Å². The second-order valence-corrected chi connectivity index (χ2v) is 7.83. The zero-order valence-corrected chi connectivity index (χ0v) is 15.2. The number of hydrogen-bond donors (Lipinski definition) is 1. The summed E-state index contributed by atoms with van der Waals surface area (Å²) in [6.45, 7) is 5.74. The highest BCUT2D eigenvalue weighted by Crippen LogP contribution is 2.35. The van der Waals surface area contributed by atoms with E-state index < -0.39 is 5.60 Å². The lowest BCUT2D eigenvalue weighted by Gasteiger charge is -2.22. The molecule has 3 rings (SSSR count). The van der Waals surface area contributed by atoms with Gasteiger partial charge in [0, 0.05) is 6.04 Å². The van der Waals surface area contributed by atoms with Gasteiger partial charge in [-0.2, -0.15) is 0 Å². The molecule has 0 aliphatic carbocycles. The van der Waals surface area contributed by atoms with E-state index in [0.717, 1.165) is 12.8 Å². The summed E-state index contributed by atoms with van der Waals surface area (Å²) < 4.78 is 5.60. The quantitative estimate of drug-likeness (QED) is 0.846. The summed E-state index contributed by atoms with van der Waals surface area (Å²) >= 11 is 0. The first-order chi connectivity index (χ1) is 11.9. The molecule has 1 N–H and O–H groups in total. The number of benzene rings is 2. The Kier molecular flexibility index (Phi) is 5.24. The Bertz CT molecular complexity index is 691. The second-order valence-electron chi connectivity index (χ2n) is 7.83. The third-order valence-corrected chi connectivity index (χ3v) is 4.58. The van der Waals surface area contributed by atoms with E-state index in [1.54, 1.807) is 0 Å². The average molecular weight is 337 g/mol. The van der Waals surface area contributed by atoms with Crippen molar-refractivity contribution in [1.82, 2.24) is 5.32 Å². The molecular weight excluding hydrogens is 310 g/mol. The number of hydrogen-bond acceptors (Lipinski definition) is 3. The summed E-state index contributed by atoms with van der Waals surface area (Å²) in [5.41, 5.74) is 2.08. The molecule has 3 nitrogen and oxygen atoms in total. The van der Waals surface area contributed by atoms with Crippen molar-refractivity contribution in [2.45, 2.75) is 51.3 Å². The number of carbonyl (C=O) groups is 1. The maximum atomic E-state index is 12.6. The van der Waals surface area contributed by atoms with Crippen LogP contribution >= 0.6 is 0 Å². The molecule has 1 saturated heterocycles. The molecule has 0 aromatic heterocycles. The lowest BCUT2D eigenvalue weighted by atomic mass is 9.88. The molecule has 0 spiro atoms. The molecule has 132 valence electrons. The van der Waals surface area contributed by atoms with Gasteiger partial charge in [0.15, 0.2) is 0 Å². The lowest BCUT2D eigenvalue weighted by molar-refractivity contribution is -0.157. The van der Waals surface area contributed by atoms with Crippen LogP contribution in [0.3, 0.4) is 0 Å². The fourth-order valence-electron chi connectivity index (χ4n) is 3.54. The van der Waals surface area contributed by atoms with Crippen molar-refractivity contribution in [3.05, 3.63) is 71.8 Å². The smallest absolute Gasteiger partial charge is 0.323 e. The van der Waals surface area contributed by atoms with E-state index in [1.807, 2.05) is 32.9 Å². The minimum absolute atomic E-state index is 0.149. The van der Waals surface area contributed by atoms with Crippen molar-refractivity contribution in [3.8, 4) is 0 Å². The Hall–Kier alpha value is -2.13. The number of nitrogens with one attached hydrogen (secondary N) is 1. The summed E-state index contributed by atoms with van der Waals surface area (Å²) in [6.07, 6.45) is 1.75. The van der Waals surface area contributed by atoms with E-state index in [-0.39, 0.29) is 18.1 Å². The molecule has 3 unspecified atom stereocenters. The zero-order valence-electron chi connectivity index (χ0n) is 15.2. The Morgan fingerprint density at radius 3 is 2.24 bits per heavy atom. The molecule has 0 amide bonds. The van der Waals surface area contributed by atoms with Crippen molar-refractivity contribution in [3.63, 3.8) is 0 Å². The van der Waals surface area contributed by atoms with Gasteiger partial charge < -0.3 is 4.74 Å². The Balaban J connectivity index is 1.79. The number of esters is 1. The van der Waals surface area contributed by atoms with Crippen LogP contribution in [0.4, 0.5) is 0 Å². The Morgan fingerprint density at radius 1 is 1.04 bits per heavy atom. The van der Waals surface area contributed by atoms with Crippen LogP contribution in [0.15, 0.2) is 60.7 Å². The summed E-state index contributed by atoms with van der Waals surface area (Å²) in [4.78, 5) is 12.6. The summed E-state index contributed by atoms with van der Waals surface area (Å²) in [7, 11) is 0. The Labute approximate surface area is 150 Å². The van der Waals surface area contributed by atoms with Crippen molar-refractivity contribution in [1.29, 1.82) is 0 Å². The first-order valence-corrected chi connectivity index (χ1v) is 9.00. The molecule has 1 fully saturated rings. The molecule has 2 aromatic carbocycles. The molecule has 0 saturated carbocycles. The monoisotopic (exact) mass is 337 g/mol. The number of rotatable bonds is 4. The molecule has 1 aliphatic rings. The number of carbonyl (C=O) groups excluding carboxylic acids is 1. The van der Waals surface area contributed by atoms with Gasteiger partial charge in [0.2, 0.25) is 0 Å². The molecule has 3 heteroatoms.